The van der Waals surface area contributed by atoms with Crippen LogP contribution in [0.5, 0.6) is 11.5 Å². The first kappa shape index (κ1) is 22.7. The minimum atomic E-state index is -4.43. The second kappa shape index (κ2) is 8.81. The Morgan fingerprint density at radius 3 is 2.34 bits per heavy atom. The van der Waals surface area contributed by atoms with Crippen molar-refractivity contribution in [1.29, 1.82) is 0 Å². The van der Waals surface area contributed by atoms with E-state index in [1.807, 2.05) is 13.8 Å². The number of rotatable bonds is 4. The van der Waals surface area contributed by atoms with E-state index in [1.54, 1.807) is 0 Å². The fraction of sp³-hybridized carbons (Fsp3) is 0.333. The first-order chi connectivity index (χ1) is 13.5. The maximum atomic E-state index is 13.1. The zero-order chi connectivity index (χ0) is 21.8. The molecule has 158 valence electrons. The minimum Gasteiger partial charge on any atom is -0.395 e. The standard InChI is InChI=1S/C16H10ClF5N2O3.C2H6/c17-10-6-12-11(26-16(21,22)27-12)5-9(10)8-1-2-13(23-7-8)24-14(25)3-4-15(18,19)20;1-2/h1-2,5-7H,3-4H2,(H,23,24,25);1-2H3. The predicted molar refractivity (Wildman–Crippen MR) is 96.2 cm³/mol. The Morgan fingerprint density at radius 1 is 1.17 bits per heavy atom. The van der Waals surface area contributed by atoms with Crippen molar-refractivity contribution in [2.24, 2.45) is 0 Å². The highest BCUT2D eigenvalue weighted by Gasteiger charge is 2.43. The molecule has 1 aliphatic heterocycles. The zero-order valence-corrected chi connectivity index (χ0v) is 16.0. The van der Waals surface area contributed by atoms with E-state index >= 15 is 0 Å². The molecule has 0 fully saturated rings. The Bertz CT molecular complexity index is 873. The average molecular weight is 439 g/mol. The van der Waals surface area contributed by atoms with Crippen molar-refractivity contribution in [3.8, 4) is 22.6 Å². The molecule has 2 aromatic rings. The number of halogens is 6. The van der Waals surface area contributed by atoms with Crippen molar-refractivity contribution in [2.75, 3.05) is 5.32 Å². The van der Waals surface area contributed by atoms with Crippen molar-refractivity contribution in [3.05, 3.63) is 35.5 Å². The van der Waals surface area contributed by atoms with Crippen LogP contribution in [0.15, 0.2) is 30.5 Å². The predicted octanol–water partition coefficient (Wildman–Crippen LogP) is 6.03. The number of nitrogens with zero attached hydrogens (tertiary/aromatic N) is 1. The molecule has 0 saturated carbocycles. The molecule has 1 amide bonds. The number of benzene rings is 1. The number of anilines is 1. The maximum absolute atomic E-state index is 13.1. The summed E-state index contributed by atoms with van der Waals surface area (Å²) in [5.74, 6) is -1.22. The summed E-state index contributed by atoms with van der Waals surface area (Å²) in [7, 11) is 0. The van der Waals surface area contributed by atoms with Crippen LogP contribution in [0.2, 0.25) is 5.02 Å². The second-order valence-electron chi connectivity index (χ2n) is 5.54. The Hall–Kier alpha value is -2.62. The van der Waals surface area contributed by atoms with E-state index in [1.165, 1.54) is 30.5 Å². The number of hydrogen-bond donors (Lipinski definition) is 1. The van der Waals surface area contributed by atoms with Gasteiger partial charge in [-0.05, 0) is 18.2 Å². The molecule has 2 heterocycles. The summed E-state index contributed by atoms with van der Waals surface area (Å²) < 4.78 is 71.2. The van der Waals surface area contributed by atoms with Crippen LogP contribution in [-0.4, -0.2) is 23.4 Å². The molecule has 0 bridgehead atoms. The minimum absolute atomic E-state index is 0.0364. The number of carbonyl (C=O) groups excluding carboxylic acids is 1. The third kappa shape index (κ3) is 6.18. The zero-order valence-electron chi connectivity index (χ0n) is 15.2. The van der Waals surface area contributed by atoms with Gasteiger partial charge in [-0.2, -0.15) is 13.2 Å². The molecule has 0 spiro atoms. The lowest BCUT2D eigenvalue weighted by molar-refractivity contribution is -0.286. The smallest absolute Gasteiger partial charge is 0.395 e. The molecule has 0 saturated heterocycles. The van der Waals surface area contributed by atoms with Gasteiger partial charge in [-0.25, -0.2) is 4.98 Å². The molecule has 11 heteroatoms. The van der Waals surface area contributed by atoms with Gasteiger partial charge in [0, 0.05) is 29.8 Å². The quantitative estimate of drug-likeness (QED) is 0.592. The molecule has 1 aromatic heterocycles. The molecular formula is C18H16ClF5N2O3. The van der Waals surface area contributed by atoms with Gasteiger partial charge < -0.3 is 14.8 Å². The van der Waals surface area contributed by atoms with Crippen LogP contribution in [0.4, 0.5) is 27.8 Å². The third-order valence-electron chi connectivity index (χ3n) is 3.47. The van der Waals surface area contributed by atoms with Gasteiger partial charge in [-0.3, -0.25) is 4.79 Å². The fourth-order valence-electron chi connectivity index (χ4n) is 2.28. The van der Waals surface area contributed by atoms with Gasteiger partial charge in [0.2, 0.25) is 5.91 Å². The molecule has 1 aliphatic rings. The topological polar surface area (TPSA) is 60.5 Å². The summed E-state index contributed by atoms with van der Waals surface area (Å²) in [6.07, 6.45) is -8.90. The van der Waals surface area contributed by atoms with E-state index in [0.717, 1.165) is 0 Å². The van der Waals surface area contributed by atoms with E-state index in [4.69, 9.17) is 11.6 Å². The van der Waals surface area contributed by atoms with Gasteiger partial charge >= 0.3 is 12.5 Å². The molecule has 1 N–H and O–H groups in total. The van der Waals surface area contributed by atoms with Gasteiger partial charge in [0.1, 0.15) is 5.82 Å². The summed E-state index contributed by atoms with van der Waals surface area (Å²) in [5.41, 5.74) is 0.731. The van der Waals surface area contributed by atoms with Gasteiger partial charge in [0.15, 0.2) is 11.5 Å². The summed E-state index contributed by atoms with van der Waals surface area (Å²) >= 11 is 6.06. The van der Waals surface area contributed by atoms with Crippen LogP contribution in [0.1, 0.15) is 26.7 Å². The van der Waals surface area contributed by atoms with Crippen LogP contribution in [0.25, 0.3) is 11.1 Å². The Morgan fingerprint density at radius 2 is 1.79 bits per heavy atom. The molecule has 0 unspecified atom stereocenters. The highest BCUT2D eigenvalue weighted by molar-refractivity contribution is 6.33. The van der Waals surface area contributed by atoms with E-state index < -0.39 is 31.2 Å². The van der Waals surface area contributed by atoms with Crippen molar-refractivity contribution < 1.29 is 36.2 Å². The Balaban J connectivity index is 0.00000145. The van der Waals surface area contributed by atoms with Crippen LogP contribution in [-0.2, 0) is 4.79 Å². The summed E-state index contributed by atoms with van der Waals surface area (Å²) in [4.78, 5) is 15.4. The molecule has 29 heavy (non-hydrogen) atoms. The lowest BCUT2D eigenvalue weighted by Gasteiger charge is -2.09. The molecule has 3 rings (SSSR count). The van der Waals surface area contributed by atoms with Crippen molar-refractivity contribution in [3.63, 3.8) is 0 Å². The molecule has 0 aliphatic carbocycles. The molecule has 0 radical (unpaired) electrons. The number of fused-ring (bicyclic) bond motifs is 1. The highest BCUT2D eigenvalue weighted by atomic mass is 35.5. The van der Waals surface area contributed by atoms with Crippen molar-refractivity contribution in [2.45, 2.75) is 39.2 Å². The summed E-state index contributed by atoms with van der Waals surface area (Å²) in [6, 6.07) is 5.22. The molecule has 5 nitrogen and oxygen atoms in total. The SMILES string of the molecule is CC.O=C(CCC(F)(F)F)Nc1ccc(-c2cc3c(cc2Cl)OC(F)(F)O3)cn1. The Kier molecular flexibility index (Phi) is 6.89. The molecule has 1 aromatic carbocycles. The lowest BCUT2D eigenvalue weighted by atomic mass is 10.1. The van der Waals surface area contributed by atoms with Gasteiger partial charge in [0.05, 0.1) is 11.4 Å². The van der Waals surface area contributed by atoms with E-state index in [0.29, 0.717) is 11.1 Å². The number of amides is 1. The van der Waals surface area contributed by atoms with Gasteiger partial charge in [0.25, 0.3) is 0 Å². The largest absolute Gasteiger partial charge is 0.586 e. The lowest BCUT2D eigenvalue weighted by Crippen LogP contribution is -2.25. The third-order valence-corrected chi connectivity index (χ3v) is 3.78. The summed E-state index contributed by atoms with van der Waals surface area (Å²) in [6.45, 7) is 4.00. The average Bonchev–Trinajstić information content (AvgIpc) is 2.94. The van der Waals surface area contributed by atoms with Crippen LogP contribution >= 0.6 is 11.6 Å². The van der Waals surface area contributed by atoms with Crippen molar-refractivity contribution in [1.82, 2.24) is 4.98 Å². The normalized spacial score (nSPS) is 14.1. The highest BCUT2D eigenvalue weighted by Crippen LogP contribution is 2.46. The number of pyridine rings is 1. The number of ether oxygens (including phenoxy) is 2. The van der Waals surface area contributed by atoms with Gasteiger partial charge in [-0.1, -0.05) is 25.4 Å². The second-order valence-corrected chi connectivity index (χ2v) is 5.95. The molecular weight excluding hydrogens is 423 g/mol. The molecule has 0 atom stereocenters. The monoisotopic (exact) mass is 438 g/mol. The number of alkyl halides is 5. The number of aromatic nitrogens is 1. The number of nitrogens with one attached hydrogen (secondary N) is 1. The first-order valence-electron chi connectivity index (χ1n) is 8.45. The maximum Gasteiger partial charge on any atom is 0.586 e. The fourth-order valence-corrected chi connectivity index (χ4v) is 2.54. The van der Waals surface area contributed by atoms with Crippen LogP contribution in [0.3, 0.4) is 0 Å². The summed E-state index contributed by atoms with van der Waals surface area (Å²) in [5, 5.41) is 2.33. The number of hydrogen-bond acceptors (Lipinski definition) is 4. The van der Waals surface area contributed by atoms with Crippen LogP contribution < -0.4 is 14.8 Å². The van der Waals surface area contributed by atoms with E-state index in [2.05, 4.69) is 19.8 Å². The first-order valence-corrected chi connectivity index (χ1v) is 8.83. The van der Waals surface area contributed by atoms with Crippen LogP contribution in [0, 0.1) is 0 Å². The van der Waals surface area contributed by atoms with Gasteiger partial charge in [-0.15, -0.1) is 8.78 Å². The van der Waals surface area contributed by atoms with E-state index in [9.17, 15) is 26.7 Å². The van der Waals surface area contributed by atoms with Crippen molar-refractivity contribution >= 4 is 23.3 Å². The Labute approximate surface area is 167 Å². The van der Waals surface area contributed by atoms with E-state index in [-0.39, 0.29) is 22.3 Å². The number of carbonyl (C=O) groups is 1.